The number of imidazole rings is 1. The first kappa shape index (κ1) is 24.4. The zero-order chi connectivity index (χ0) is 25.7. The van der Waals surface area contributed by atoms with Gasteiger partial charge in [0.2, 0.25) is 0 Å². The first-order chi connectivity index (χ1) is 17.5. The number of carbonyl (C=O) groups is 1. The van der Waals surface area contributed by atoms with E-state index in [1.807, 2.05) is 19.9 Å². The molecule has 0 bridgehead atoms. The highest BCUT2D eigenvalue weighted by atomic mass is 19.1. The highest BCUT2D eigenvalue weighted by Crippen LogP contribution is 2.31. The number of ether oxygens (including phenoxy) is 1. The molecule has 0 spiro atoms. The van der Waals surface area contributed by atoms with Crippen LogP contribution in [0.1, 0.15) is 31.1 Å². The van der Waals surface area contributed by atoms with Gasteiger partial charge in [-0.3, -0.25) is 4.57 Å². The first-order valence-electron chi connectivity index (χ1n) is 11.4. The molecule has 4 aromatic heterocycles. The number of hydrogen-bond donors (Lipinski definition) is 1. The summed E-state index contributed by atoms with van der Waals surface area (Å²) in [5.41, 5.74) is 9.27. The summed E-state index contributed by atoms with van der Waals surface area (Å²) in [5.74, 6) is 0.250. The standard InChI is InChI=1S/C24H18FN7O2.C2H6/c1-2-34-24(33)14-5-8-16(9-6-14)32-22(17-4-3-11-27-20(17)26)30-19-13-29-21(31-23(19)32)18-10-7-15(25)12-28-18;1-2/h3-13H,2H2,1H3,(H2,26,27);1-2H3. The summed E-state index contributed by atoms with van der Waals surface area (Å²) >= 11 is 0. The summed E-state index contributed by atoms with van der Waals surface area (Å²) < 4.78 is 20.2. The minimum atomic E-state index is -0.453. The molecule has 0 radical (unpaired) electrons. The number of hydrogen-bond acceptors (Lipinski definition) is 8. The van der Waals surface area contributed by atoms with Gasteiger partial charge >= 0.3 is 5.97 Å². The van der Waals surface area contributed by atoms with Crippen LogP contribution >= 0.6 is 0 Å². The molecule has 0 unspecified atom stereocenters. The minimum Gasteiger partial charge on any atom is -0.462 e. The summed E-state index contributed by atoms with van der Waals surface area (Å²) in [5, 5.41) is 0. The average molecular weight is 486 g/mol. The number of aromatic nitrogens is 6. The van der Waals surface area contributed by atoms with Crippen molar-refractivity contribution >= 4 is 23.0 Å². The molecule has 0 aliphatic heterocycles. The van der Waals surface area contributed by atoms with Gasteiger partial charge in [0.25, 0.3) is 0 Å². The Morgan fingerprint density at radius 3 is 2.44 bits per heavy atom. The van der Waals surface area contributed by atoms with Gasteiger partial charge in [-0.15, -0.1) is 0 Å². The van der Waals surface area contributed by atoms with Crippen molar-refractivity contribution in [2.24, 2.45) is 0 Å². The Bertz CT molecular complexity index is 1500. The number of nitrogens with two attached hydrogens (primary N) is 1. The van der Waals surface area contributed by atoms with Gasteiger partial charge in [0, 0.05) is 11.9 Å². The van der Waals surface area contributed by atoms with E-state index in [1.165, 1.54) is 12.1 Å². The van der Waals surface area contributed by atoms with E-state index >= 15 is 0 Å². The molecular weight excluding hydrogens is 461 g/mol. The summed E-state index contributed by atoms with van der Waals surface area (Å²) in [6.07, 6.45) is 4.27. The Kier molecular flexibility index (Phi) is 7.24. The maximum Gasteiger partial charge on any atom is 0.338 e. The average Bonchev–Trinajstić information content (AvgIpc) is 3.29. The van der Waals surface area contributed by atoms with Crippen LogP contribution in [0.4, 0.5) is 10.2 Å². The number of rotatable bonds is 5. The van der Waals surface area contributed by atoms with Crippen LogP contribution in [0.25, 0.3) is 39.8 Å². The van der Waals surface area contributed by atoms with Crippen LogP contribution in [-0.4, -0.2) is 42.1 Å². The van der Waals surface area contributed by atoms with Crippen molar-refractivity contribution < 1.29 is 13.9 Å². The van der Waals surface area contributed by atoms with Crippen LogP contribution in [0.15, 0.2) is 67.1 Å². The van der Waals surface area contributed by atoms with Gasteiger partial charge in [-0.05, 0) is 55.5 Å². The Balaban J connectivity index is 0.00000148. The molecule has 2 N–H and O–H groups in total. The van der Waals surface area contributed by atoms with E-state index in [0.29, 0.717) is 51.1 Å². The van der Waals surface area contributed by atoms with Crippen molar-refractivity contribution in [2.75, 3.05) is 12.3 Å². The van der Waals surface area contributed by atoms with Crippen LogP contribution in [0, 0.1) is 5.82 Å². The fourth-order valence-electron chi connectivity index (χ4n) is 3.50. The fourth-order valence-corrected chi connectivity index (χ4v) is 3.50. The molecule has 36 heavy (non-hydrogen) atoms. The first-order valence-corrected chi connectivity index (χ1v) is 11.4. The third-order valence-corrected chi connectivity index (χ3v) is 5.07. The zero-order valence-electron chi connectivity index (χ0n) is 20.0. The molecule has 0 amide bonds. The molecule has 0 fully saturated rings. The Hall–Kier alpha value is -4.73. The maximum atomic E-state index is 13.3. The van der Waals surface area contributed by atoms with Gasteiger partial charge < -0.3 is 10.5 Å². The fraction of sp³-hybridized carbons (Fsp3) is 0.154. The smallest absolute Gasteiger partial charge is 0.338 e. The molecular formula is C26H24FN7O2. The summed E-state index contributed by atoms with van der Waals surface area (Å²) in [6, 6.07) is 13.2. The second kappa shape index (κ2) is 10.7. The number of nitrogen functional groups attached to an aromatic ring is 1. The third-order valence-electron chi connectivity index (χ3n) is 5.07. The molecule has 182 valence electrons. The number of anilines is 1. The minimum absolute atomic E-state index is 0.286. The van der Waals surface area contributed by atoms with Gasteiger partial charge in [-0.25, -0.2) is 34.1 Å². The lowest BCUT2D eigenvalue weighted by Gasteiger charge is -2.11. The topological polar surface area (TPSA) is 122 Å². The number of esters is 1. The number of nitrogens with zero attached hydrogens (tertiary/aromatic N) is 6. The van der Waals surface area contributed by atoms with Crippen molar-refractivity contribution in [1.29, 1.82) is 0 Å². The monoisotopic (exact) mass is 485 g/mol. The van der Waals surface area contributed by atoms with Crippen LogP contribution in [0.2, 0.25) is 0 Å². The third kappa shape index (κ3) is 4.74. The highest BCUT2D eigenvalue weighted by Gasteiger charge is 2.20. The number of fused-ring (bicyclic) bond motifs is 1. The van der Waals surface area contributed by atoms with E-state index in [0.717, 1.165) is 6.20 Å². The van der Waals surface area contributed by atoms with Gasteiger partial charge in [0.1, 0.15) is 22.8 Å². The van der Waals surface area contributed by atoms with Crippen LogP contribution < -0.4 is 5.73 Å². The number of carbonyl (C=O) groups excluding carboxylic acids is 1. The molecule has 0 aliphatic carbocycles. The molecule has 10 heteroatoms. The Morgan fingerprint density at radius 2 is 1.78 bits per heavy atom. The van der Waals surface area contributed by atoms with E-state index in [9.17, 15) is 9.18 Å². The highest BCUT2D eigenvalue weighted by molar-refractivity contribution is 5.90. The van der Waals surface area contributed by atoms with E-state index in [4.69, 9.17) is 15.5 Å². The summed E-state index contributed by atoms with van der Waals surface area (Å²) in [6.45, 7) is 6.04. The normalized spacial score (nSPS) is 10.6. The second-order valence-corrected chi connectivity index (χ2v) is 7.24. The van der Waals surface area contributed by atoms with Crippen molar-refractivity contribution in [3.63, 3.8) is 0 Å². The summed E-state index contributed by atoms with van der Waals surface area (Å²) in [4.78, 5) is 34.1. The lowest BCUT2D eigenvalue weighted by atomic mass is 10.2. The second-order valence-electron chi connectivity index (χ2n) is 7.24. The SMILES string of the molecule is CC.CCOC(=O)c1ccc(-n2c(-c3cccnc3N)nc3cnc(-c4ccc(F)cn4)nc32)cc1. The van der Waals surface area contributed by atoms with E-state index in [2.05, 4.69) is 19.9 Å². The van der Waals surface area contributed by atoms with Gasteiger partial charge in [0.15, 0.2) is 17.3 Å². The molecule has 4 heterocycles. The van der Waals surface area contributed by atoms with Crippen molar-refractivity contribution in [1.82, 2.24) is 29.5 Å². The summed E-state index contributed by atoms with van der Waals surface area (Å²) in [7, 11) is 0. The van der Waals surface area contributed by atoms with Crippen LogP contribution in [-0.2, 0) is 4.74 Å². The quantitative estimate of drug-likeness (QED) is 0.350. The van der Waals surface area contributed by atoms with Gasteiger partial charge in [-0.1, -0.05) is 13.8 Å². The molecule has 0 atom stereocenters. The van der Waals surface area contributed by atoms with E-state index in [1.54, 1.807) is 54.2 Å². The number of benzene rings is 1. The number of halogens is 1. The predicted octanol–water partition coefficient (Wildman–Crippen LogP) is 4.86. The predicted molar refractivity (Wildman–Crippen MR) is 135 cm³/mol. The van der Waals surface area contributed by atoms with Crippen LogP contribution in [0.3, 0.4) is 0 Å². The van der Waals surface area contributed by atoms with E-state index < -0.39 is 11.8 Å². The zero-order valence-corrected chi connectivity index (χ0v) is 20.0. The van der Waals surface area contributed by atoms with Gasteiger partial charge in [-0.2, -0.15) is 0 Å². The molecule has 5 rings (SSSR count). The molecule has 9 nitrogen and oxygen atoms in total. The molecule has 0 aliphatic rings. The van der Waals surface area contributed by atoms with E-state index in [-0.39, 0.29) is 6.61 Å². The Morgan fingerprint density at radius 1 is 1.00 bits per heavy atom. The van der Waals surface area contributed by atoms with Crippen molar-refractivity contribution in [3.8, 4) is 28.6 Å². The largest absolute Gasteiger partial charge is 0.462 e. The lowest BCUT2D eigenvalue weighted by molar-refractivity contribution is 0.0526. The molecule has 0 saturated heterocycles. The number of pyridine rings is 2. The lowest BCUT2D eigenvalue weighted by Crippen LogP contribution is -2.06. The molecule has 1 aromatic carbocycles. The van der Waals surface area contributed by atoms with Crippen molar-refractivity contribution in [2.45, 2.75) is 20.8 Å². The molecule has 5 aromatic rings. The Labute approximate surface area is 206 Å². The van der Waals surface area contributed by atoms with Crippen molar-refractivity contribution in [3.05, 3.63) is 78.5 Å². The molecule has 0 saturated carbocycles. The maximum absolute atomic E-state index is 13.3. The van der Waals surface area contributed by atoms with Gasteiger partial charge in [0.05, 0.1) is 30.1 Å². The van der Waals surface area contributed by atoms with Crippen LogP contribution in [0.5, 0.6) is 0 Å².